The van der Waals surface area contributed by atoms with Gasteiger partial charge in [0.1, 0.15) is 0 Å². The van der Waals surface area contributed by atoms with Crippen LogP contribution in [0.15, 0.2) is 12.2 Å². The van der Waals surface area contributed by atoms with Crippen LogP contribution in [0.2, 0.25) is 0 Å². The topological polar surface area (TPSA) is 12.5 Å². The summed E-state index contributed by atoms with van der Waals surface area (Å²) in [7, 11) is 0. The molecule has 1 aliphatic heterocycles. The third kappa shape index (κ3) is 3.32. The van der Waals surface area contributed by atoms with Gasteiger partial charge in [0.25, 0.3) is 0 Å². The molecule has 1 nitrogen and oxygen atoms in total. The van der Waals surface area contributed by atoms with Crippen molar-refractivity contribution in [3.05, 3.63) is 12.2 Å². The molecule has 0 aliphatic carbocycles. The summed E-state index contributed by atoms with van der Waals surface area (Å²) >= 11 is 0. The van der Waals surface area contributed by atoms with E-state index in [1.807, 2.05) is 6.08 Å². The number of allylic oxidation sites excluding steroid dienone is 2. The number of ether oxygens (including phenoxy) is 1. The Labute approximate surface area is 62.1 Å². The van der Waals surface area contributed by atoms with Crippen LogP contribution >= 0.6 is 0 Å². The molecule has 54 valence electrons. The molecule has 0 bridgehead atoms. The zero-order valence-electron chi connectivity index (χ0n) is 6.26. The van der Waals surface area contributed by atoms with E-state index in [9.17, 15) is 0 Å². The predicted octanol–water partition coefficient (Wildman–Crippen LogP) is 1.74. The van der Waals surface area contributed by atoms with Crippen molar-refractivity contribution in [2.45, 2.75) is 25.9 Å². The summed E-state index contributed by atoms with van der Waals surface area (Å²) < 4.78 is 4.99. The Kier molecular flexibility index (Phi) is 3.05. The summed E-state index contributed by atoms with van der Waals surface area (Å²) in [5, 5.41) is 0. The Bertz CT molecular complexity index is 167. The molecule has 1 atom stereocenters. The van der Waals surface area contributed by atoms with Crippen molar-refractivity contribution in [2.24, 2.45) is 0 Å². The molecule has 0 aromatic rings. The molecule has 0 N–H and O–H groups in total. The number of epoxide rings is 1. The van der Waals surface area contributed by atoms with E-state index in [0.717, 1.165) is 19.4 Å². The monoisotopic (exact) mass is 136 g/mol. The fourth-order valence-corrected chi connectivity index (χ4v) is 0.594. The van der Waals surface area contributed by atoms with E-state index in [1.54, 1.807) is 0 Å². The van der Waals surface area contributed by atoms with Crippen LogP contribution in [0.25, 0.3) is 0 Å². The van der Waals surface area contributed by atoms with Gasteiger partial charge in [-0.3, -0.25) is 0 Å². The zero-order valence-corrected chi connectivity index (χ0v) is 6.26. The van der Waals surface area contributed by atoms with Crippen LogP contribution in [-0.2, 0) is 4.74 Å². The van der Waals surface area contributed by atoms with Crippen LogP contribution in [-0.4, -0.2) is 12.7 Å². The molecular formula is C9H12O. The Balaban J connectivity index is 2.05. The van der Waals surface area contributed by atoms with Crippen LogP contribution in [0.4, 0.5) is 0 Å². The number of rotatable bonds is 2. The lowest BCUT2D eigenvalue weighted by Gasteiger charge is -1.75. The van der Waals surface area contributed by atoms with Gasteiger partial charge in [0, 0.05) is 6.42 Å². The summed E-state index contributed by atoms with van der Waals surface area (Å²) in [5.74, 6) is 5.97. The van der Waals surface area contributed by atoms with Crippen LogP contribution in [0.1, 0.15) is 19.8 Å². The minimum atomic E-state index is 0.447. The molecule has 0 aromatic carbocycles. The van der Waals surface area contributed by atoms with Gasteiger partial charge in [-0.1, -0.05) is 24.8 Å². The van der Waals surface area contributed by atoms with Crippen molar-refractivity contribution >= 4 is 0 Å². The maximum absolute atomic E-state index is 4.99. The molecule has 1 heteroatoms. The third-order valence-electron chi connectivity index (χ3n) is 1.27. The van der Waals surface area contributed by atoms with Crippen molar-refractivity contribution in [3.63, 3.8) is 0 Å². The Hall–Kier alpha value is -0.740. The fraction of sp³-hybridized carbons (Fsp3) is 0.556. The predicted molar refractivity (Wildman–Crippen MR) is 41.6 cm³/mol. The smallest absolute Gasteiger partial charge is 0.0918 e. The summed E-state index contributed by atoms with van der Waals surface area (Å²) in [6, 6.07) is 0. The Morgan fingerprint density at radius 2 is 2.50 bits per heavy atom. The van der Waals surface area contributed by atoms with Gasteiger partial charge in [0.2, 0.25) is 0 Å². The van der Waals surface area contributed by atoms with Gasteiger partial charge in [-0.25, -0.2) is 0 Å². The second kappa shape index (κ2) is 4.14. The van der Waals surface area contributed by atoms with Crippen LogP contribution in [0, 0.1) is 11.8 Å². The van der Waals surface area contributed by atoms with Crippen molar-refractivity contribution in [3.8, 4) is 11.8 Å². The van der Waals surface area contributed by atoms with E-state index in [4.69, 9.17) is 4.74 Å². The van der Waals surface area contributed by atoms with E-state index in [-0.39, 0.29) is 0 Å². The van der Waals surface area contributed by atoms with Gasteiger partial charge < -0.3 is 4.74 Å². The first-order chi connectivity index (χ1) is 4.93. The summed E-state index contributed by atoms with van der Waals surface area (Å²) in [6.45, 7) is 3.01. The summed E-state index contributed by atoms with van der Waals surface area (Å²) in [4.78, 5) is 0. The molecule has 1 saturated heterocycles. The SMILES string of the molecule is CCC=CC#CCC1CO1. The molecule has 0 spiro atoms. The van der Waals surface area contributed by atoms with Crippen molar-refractivity contribution in [2.75, 3.05) is 6.61 Å². The van der Waals surface area contributed by atoms with Gasteiger partial charge >= 0.3 is 0 Å². The van der Waals surface area contributed by atoms with E-state index in [0.29, 0.717) is 6.10 Å². The molecule has 0 aromatic heterocycles. The molecule has 1 heterocycles. The highest BCUT2D eigenvalue weighted by Crippen LogP contribution is 2.11. The van der Waals surface area contributed by atoms with E-state index < -0.39 is 0 Å². The van der Waals surface area contributed by atoms with Gasteiger partial charge in [-0.05, 0) is 12.5 Å². The highest BCUT2D eigenvalue weighted by atomic mass is 16.6. The van der Waals surface area contributed by atoms with E-state index in [2.05, 4.69) is 24.8 Å². The van der Waals surface area contributed by atoms with Gasteiger partial charge in [0.05, 0.1) is 12.7 Å². The largest absolute Gasteiger partial charge is 0.372 e. The van der Waals surface area contributed by atoms with Gasteiger partial charge in [0.15, 0.2) is 0 Å². The Morgan fingerprint density at radius 1 is 1.70 bits per heavy atom. The molecule has 0 saturated carbocycles. The highest BCUT2D eigenvalue weighted by molar-refractivity contribution is 5.15. The van der Waals surface area contributed by atoms with E-state index >= 15 is 0 Å². The molecule has 0 radical (unpaired) electrons. The second-order valence-corrected chi connectivity index (χ2v) is 2.29. The van der Waals surface area contributed by atoms with Gasteiger partial charge in [-0.2, -0.15) is 0 Å². The first-order valence-corrected chi connectivity index (χ1v) is 3.68. The number of hydrogen-bond acceptors (Lipinski definition) is 1. The van der Waals surface area contributed by atoms with Crippen molar-refractivity contribution < 1.29 is 4.74 Å². The van der Waals surface area contributed by atoms with E-state index in [1.165, 1.54) is 0 Å². The zero-order chi connectivity index (χ0) is 7.23. The van der Waals surface area contributed by atoms with Crippen molar-refractivity contribution in [1.82, 2.24) is 0 Å². The summed E-state index contributed by atoms with van der Waals surface area (Å²) in [6.07, 6.45) is 6.37. The molecule has 1 aliphatic rings. The van der Waals surface area contributed by atoms with Crippen molar-refractivity contribution in [1.29, 1.82) is 0 Å². The fourth-order valence-electron chi connectivity index (χ4n) is 0.594. The average molecular weight is 136 g/mol. The lowest BCUT2D eigenvalue weighted by Crippen LogP contribution is -1.77. The third-order valence-corrected chi connectivity index (χ3v) is 1.27. The summed E-state index contributed by atoms with van der Waals surface area (Å²) in [5.41, 5.74) is 0. The molecule has 1 unspecified atom stereocenters. The first kappa shape index (κ1) is 7.37. The molecule has 1 rings (SSSR count). The average Bonchev–Trinajstić information content (AvgIpc) is 2.71. The van der Waals surface area contributed by atoms with Crippen LogP contribution < -0.4 is 0 Å². The Morgan fingerprint density at radius 3 is 3.10 bits per heavy atom. The maximum atomic E-state index is 4.99. The standard InChI is InChI=1S/C9H12O/c1-2-3-4-5-6-7-9-8-10-9/h3-4,9H,2,7-8H2,1H3. The minimum Gasteiger partial charge on any atom is -0.372 e. The molecule has 0 amide bonds. The highest BCUT2D eigenvalue weighted by Gasteiger charge is 2.20. The second-order valence-electron chi connectivity index (χ2n) is 2.29. The van der Waals surface area contributed by atoms with Crippen LogP contribution in [0.5, 0.6) is 0 Å². The number of hydrogen-bond donors (Lipinski definition) is 0. The maximum Gasteiger partial charge on any atom is 0.0918 e. The molecular weight excluding hydrogens is 124 g/mol. The van der Waals surface area contributed by atoms with Crippen LogP contribution in [0.3, 0.4) is 0 Å². The quantitative estimate of drug-likeness (QED) is 0.416. The lowest BCUT2D eigenvalue weighted by atomic mass is 10.3. The first-order valence-electron chi connectivity index (χ1n) is 3.68. The lowest BCUT2D eigenvalue weighted by molar-refractivity contribution is 0.412. The molecule has 10 heavy (non-hydrogen) atoms. The minimum absolute atomic E-state index is 0.447. The molecule has 1 fully saturated rings. The normalized spacial score (nSPS) is 22.3. The van der Waals surface area contributed by atoms with Gasteiger partial charge in [-0.15, -0.1) is 0 Å².